The molecule has 8 heteroatoms. The Morgan fingerprint density at radius 1 is 1.05 bits per heavy atom. The maximum atomic E-state index is 14.0. The summed E-state index contributed by atoms with van der Waals surface area (Å²) in [6, 6.07) is 7.24. The normalized spacial score (nSPS) is 27.6. The van der Waals surface area contributed by atoms with E-state index in [0.717, 1.165) is 58.0 Å². The van der Waals surface area contributed by atoms with E-state index in [0.29, 0.717) is 30.7 Å². The molecule has 0 unspecified atom stereocenters. The van der Waals surface area contributed by atoms with Gasteiger partial charge in [0.1, 0.15) is 30.9 Å². The second-order valence-electron chi connectivity index (χ2n) is 12.0. The van der Waals surface area contributed by atoms with E-state index in [1.54, 1.807) is 4.90 Å². The summed E-state index contributed by atoms with van der Waals surface area (Å²) in [6.45, 7) is 9.42. The van der Waals surface area contributed by atoms with E-state index < -0.39 is 18.2 Å². The minimum Gasteiger partial charge on any atom is -0.374 e. The van der Waals surface area contributed by atoms with Crippen molar-refractivity contribution in [3.63, 3.8) is 0 Å². The van der Waals surface area contributed by atoms with Gasteiger partial charge >= 0.3 is 0 Å². The number of Topliss-reactive ketones (excluding diaryl/α,β-unsaturated/α-hetero) is 1. The summed E-state index contributed by atoms with van der Waals surface area (Å²) in [7, 11) is 0. The van der Waals surface area contributed by atoms with Crippen LogP contribution in [0.15, 0.2) is 24.3 Å². The Balaban J connectivity index is 1.29. The Hall–Kier alpha value is -2.29. The molecule has 4 aliphatic rings. The van der Waals surface area contributed by atoms with Gasteiger partial charge in [-0.05, 0) is 89.1 Å². The summed E-state index contributed by atoms with van der Waals surface area (Å²) in [4.78, 5) is 44.4. The van der Waals surface area contributed by atoms with Crippen LogP contribution in [0.4, 0.5) is 0 Å². The third kappa shape index (κ3) is 6.08. The number of nitrogens with zero attached hydrogens (tertiary/aromatic N) is 2. The smallest absolute Gasteiger partial charge is 0.251 e. The van der Waals surface area contributed by atoms with Crippen LogP contribution in [0.5, 0.6) is 0 Å². The molecule has 8 nitrogen and oxygen atoms in total. The van der Waals surface area contributed by atoms with Crippen LogP contribution in [-0.2, 0) is 19.1 Å². The number of carbonyl (C=O) groups excluding carboxylic acids is 3. The van der Waals surface area contributed by atoms with Crippen LogP contribution in [0, 0.1) is 5.92 Å². The first-order valence-electron chi connectivity index (χ1n) is 15.1. The van der Waals surface area contributed by atoms with Crippen LogP contribution >= 0.6 is 0 Å². The van der Waals surface area contributed by atoms with Gasteiger partial charge in [0, 0.05) is 18.2 Å². The largest absolute Gasteiger partial charge is 0.374 e. The minimum atomic E-state index is -0.660. The Labute approximate surface area is 232 Å². The van der Waals surface area contributed by atoms with Gasteiger partial charge in [0.2, 0.25) is 5.91 Å². The van der Waals surface area contributed by atoms with Crippen LogP contribution in [-0.4, -0.2) is 90.6 Å². The van der Waals surface area contributed by atoms with Gasteiger partial charge in [0.25, 0.3) is 5.91 Å². The SMILES string of the molecule is CCO[C@H]1CN(C(=O)[C@@H](NC(=O)c2ccc(C3CCN(C(C)C)CC3)cc2)C2CCCCC2)[C@@H]2C(=O)CO[C@H]12. The average molecular weight is 540 g/mol. The number of amides is 2. The summed E-state index contributed by atoms with van der Waals surface area (Å²) in [5.41, 5.74) is 1.85. The minimum absolute atomic E-state index is 0.00594. The first kappa shape index (κ1) is 28.2. The molecule has 0 radical (unpaired) electrons. The van der Waals surface area contributed by atoms with Crippen LogP contribution in [0.1, 0.15) is 87.6 Å². The topological polar surface area (TPSA) is 88.2 Å². The molecule has 3 heterocycles. The number of carbonyl (C=O) groups is 3. The zero-order chi connectivity index (χ0) is 27.5. The fourth-order valence-electron chi connectivity index (χ4n) is 7.11. The second kappa shape index (κ2) is 12.5. The fourth-order valence-corrected chi connectivity index (χ4v) is 7.11. The van der Waals surface area contributed by atoms with Gasteiger partial charge in [0.15, 0.2) is 5.78 Å². The van der Waals surface area contributed by atoms with E-state index in [1.165, 1.54) is 5.56 Å². The van der Waals surface area contributed by atoms with Gasteiger partial charge < -0.3 is 24.6 Å². The van der Waals surface area contributed by atoms with Crippen LogP contribution in [0.25, 0.3) is 0 Å². The molecule has 0 aromatic heterocycles. The van der Waals surface area contributed by atoms with E-state index in [9.17, 15) is 14.4 Å². The molecule has 1 saturated carbocycles. The molecule has 2 amide bonds. The quantitative estimate of drug-likeness (QED) is 0.544. The number of nitrogens with one attached hydrogen (secondary N) is 1. The summed E-state index contributed by atoms with van der Waals surface area (Å²) < 4.78 is 11.6. The number of fused-ring (bicyclic) bond motifs is 1. The molecule has 1 aliphatic carbocycles. The zero-order valence-electron chi connectivity index (χ0n) is 23.8. The molecule has 4 atom stereocenters. The van der Waals surface area contributed by atoms with E-state index in [4.69, 9.17) is 9.47 Å². The van der Waals surface area contributed by atoms with Crippen LogP contribution < -0.4 is 5.32 Å². The number of hydrogen-bond acceptors (Lipinski definition) is 6. The number of benzene rings is 1. The highest BCUT2D eigenvalue weighted by molar-refractivity contribution is 5.99. The lowest BCUT2D eigenvalue weighted by Gasteiger charge is -2.35. The highest BCUT2D eigenvalue weighted by atomic mass is 16.6. The second-order valence-corrected chi connectivity index (χ2v) is 12.0. The van der Waals surface area contributed by atoms with Gasteiger partial charge in [-0.25, -0.2) is 0 Å². The lowest BCUT2D eigenvalue weighted by Crippen LogP contribution is -2.55. The predicted octanol–water partition coefficient (Wildman–Crippen LogP) is 3.54. The van der Waals surface area contributed by atoms with Crippen LogP contribution in [0.3, 0.4) is 0 Å². The van der Waals surface area contributed by atoms with Crippen molar-refractivity contribution in [3.8, 4) is 0 Å². The van der Waals surface area contributed by atoms with E-state index >= 15 is 0 Å². The molecule has 1 aromatic carbocycles. The molecule has 5 rings (SSSR count). The first-order chi connectivity index (χ1) is 18.9. The van der Waals surface area contributed by atoms with E-state index in [-0.39, 0.29) is 36.2 Å². The lowest BCUT2D eigenvalue weighted by atomic mass is 9.83. The first-order valence-corrected chi connectivity index (χ1v) is 15.1. The van der Waals surface area contributed by atoms with Crippen molar-refractivity contribution < 1.29 is 23.9 Å². The Morgan fingerprint density at radius 2 is 1.74 bits per heavy atom. The molecule has 1 aromatic rings. The van der Waals surface area contributed by atoms with E-state index in [1.807, 2.05) is 19.1 Å². The maximum absolute atomic E-state index is 14.0. The van der Waals surface area contributed by atoms with Crippen molar-refractivity contribution in [1.29, 1.82) is 0 Å². The molecule has 3 saturated heterocycles. The number of ketones is 1. The summed E-state index contributed by atoms with van der Waals surface area (Å²) in [5, 5.41) is 3.11. The highest BCUT2D eigenvalue weighted by Gasteiger charge is 2.54. The number of likely N-dealkylation sites (tertiary alicyclic amines) is 2. The third-order valence-electron chi connectivity index (χ3n) is 9.38. The number of rotatable bonds is 8. The maximum Gasteiger partial charge on any atom is 0.251 e. The molecule has 3 aliphatic heterocycles. The summed E-state index contributed by atoms with van der Waals surface area (Å²) >= 11 is 0. The summed E-state index contributed by atoms with van der Waals surface area (Å²) in [6.07, 6.45) is 6.54. The Bertz CT molecular complexity index is 1010. The molecule has 214 valence electrons. The zero-order valence-corrected chi connectivity index (χ0v) is 23.8. The molecular formula is C31H45N3O5. The lowest BCUT2D eigenvalue weighted by molar-refractivity contribution is -0.139. The third-order valence-corrected chi connectivity index (χ3v) is 9.38. The highest BCUT2D eigenvalue weighted by Crippen LogP contribution is 2.34. The van der Waals surface area contributed by atoms with Crippen molar-refractivity contribution in [2.45, 2.75) is 102 Å². The fraction of sp³-hybridized carbons (Fsp3) is 0.710. The number of ether oxygens (including phenoxy) is 2. The van der Waals surface area contributed by atoms with E-state index in [2.05, 4.69) is 36.2 Å². The monoisotopic (exact) mass is 539 g/mol. The standard InChI is InChI=1S/C31H45N3O5/c1-4-38-26-18-34(28-25(35)19-39-29(26)28)31(37)27(23-8-6-5-7-9-23)32-30(36)24-12-10-21(11-13-24)22-14-16-33(17-15-22)20(2)3/h10-13,20,22-23,26-29H,4-9,14-19H2,1-3H3,(H,32,36)/t26-,27-,28+,29+/m0/s1. The van der Waals surface area contributed by atoms with Crippen molar-refractivity contribution in [1.82, 2.24) is 15.1 Å². The van der Waals surface area contributed by atoms with Crippen molar-refractivity contribution >= 4 is 17.6 Å². The molecule has 0 bridgehead atoms. The number of hydrogen-bond donors (Lipinski definition) is 1. The number of piperidine rings is 1. The predicted molar refractivity (Wildman–Crippen MR) is 149 cm³/mol. The van der Waals surface area contributed by atoms with Gasteiger partial charge in [-0.2, -0.15) is 0 Å². The van der Waals surface area contributed by atoms with Crippen molar-refractivity contribution in [2.75, 3.05) is 32.8 Å². The Kier molecular flexibility index (Phi) is 9.04. The van der Waals surface area contributed by atoms with Gasteiger partial charge in [0.05, 0.1) is 6.54 Å². The van der Waals surface area contributed by atoms with Crippen LogP contribution in [0.2, 0.25) is 0 Å². The molecular weight excluding hydrogens is 494 g/mol. The molecule has 0 spiro atoms. The molecule has 4 fully saturated rings. The van der Waals surface area contributed by atoms with Crippen molar-refractivity contribution in [3.05, 3.63) is 35.4 Å². The van der Waals surface area contributed by atoms with Gasteiger partial charge in [-0.3, -0.25) is 14.4 Å². The summed E-state index contributed by atoms with van der Waals surface area (Å²) in [5.74, 6) is 0.0778. The molecule has 1 N–H and O–H groups in total. The van der Waals surface area contributed by atoms with Crippen molar-refractivity contribution in [2.24, 2.45) is 5.92 Å². The Morgan fingerprint density at radius 3 is 2.38 bits per heavy atom. The molecule has 39 heavy (non-hydrogen) atoms. The average Bonchev–Trinajstić information content (AvgIpc) is 3.52. The van der Waals surface area contributed by atoms with Gasteiger partial charge in [-0.1, -0.05) is 31.4 Å². The van der Waals surface area contributed by atoms with Gasteiger partial charge in [-0.15, -0.1) is 0 Å².